The fourth-order valence-electron chi connectivity index (χ4n) is 3.35. The maximum absolute atomic E-state index is 11.0. The van der Waals surface area contributed by atoms with Gasteiger partial charge in [-0.05, 0) is 50.9 Å². The Labute approximate surface area is 122 Å². The minimum atomic E-state index is -0.685. The zero-order valence-electron chi connectivity index (χ0n) is 13.1. The number of rotatable bonds is 9. The summed E-state index contributed by atoms with van der Waals surface area (Å²) < 4.78 is 0. The minimum absolute atomic E-state index is 0.218. The summed E-state index contributed by atoms with van der Waals surface area (Å²) in [5, 5.41) is 12.7. The Morgan fingerprint density at radius 3 is 2.45 bits per heavy atom. The first-order chi connectivity index (χ1) is 9.44. The van der Waals surface area contributed by atoms with Gasteiger partial charge in [-0.1, -0.05) is 13.8 Å². The van der Waals surface area contributed by atoms with Crippen LogP contribution in [0.1, 0.15) is 52.9 Å². The molecule has 0 aromatic rings. The fraction of sp³-hybridized carbons (Fsp3) is 0.938. The van der Waals surface area contributed by atoms with Crippen molar-refractivity contribution in [1.82, 2.24) is 10.2 Å². The van der Waals surface area contributed by atoms with Crippen molar-refractivity contribution in [1.29, 1.82) is 0 Å². The van der Waals surface area contributed by atoms with E-state index in [9.17, 15) is 4.79 Å². The van der Waals surface area contributed by atoms with E-state index in [2.05, 4.69) is 31.0 Å². The number of carbonyl (C=O) groups is 1. The highest BCUT2D eigenvalue weighted by Gasteiger charge is 2.37. The van der Waals surface area contributed by atoms with Gasteiger partial charge < -0.3 is 10.4 Å². The molecule has 1 atom stereocenters. The molecule has 116 valence electrons. The molecule has 2 aliphatic carbocycles. The standard InChI is InChI=1S/C16H30N2O2/c1-11(2)6-12(3)17-14-7-15(8-14)18(10-16(19)20)9-13-4-5-13/h11-15,17H,4-10H2,1-3H3,(H,19,20). The maximum atomic E-state index is 11.0. The number of nitrogens with one attached hydrogen (secondary N) is 1. The Balaban J connectivity index is 1.70. The summed E-state index contributed by atoms with van der Waals surface area (Å²) in [7, 11) is 0. The Kier molecular flexibility index (Phi) is 5.44. The van der Waals surface area contributed by atoms with Crippen LogP contribution in [0, 0.1) is 11.8 Å². The molecular formula is C16H30N2O2. The normalized spacial score (nSPS) is 27.6. The molecule has 4 nitrogen and oxygen atoms in total. The Morgan fingerprint density at radius 2 is 1.95 bits per heavy atom. The van der Waals surface area contributed by atoms with Crippen LogP contribution >= 0.6 is 0 Å². The van der Waals surface area contributed by atoms with Gasteiger partial charge in [-0.25, -0.2) is 0 Å². The highest BCUT2D eigenvalue weighted by Crippen LogP contribution is 2.33. The molecule has 0 radical (unpaired) electrons. The van der Waals surface area contributed by atoms with Crippen molar-refractivity contribution in [3.05, 3.63) is 0 Å². The van der Waals surface area contributed by atoms with Crippen LogP contribution in [0.15, 0.2) is 0 Å². The number of aliphatic carboxylic acids is 1. The lowest BCUT2D eigenvalue weighted by Gasteiger charge is -2.44. The number of nitrogens with zero attached hydrogens (tertiary/aromatic N) is 1. The zero-order valence-corrected chi connectivity index (χ0v) is 13.1. The van der Waals surface area contributed by atoms with Gasteiger partial charge in [0, 0.05) is 24.7 Å². The molecule has 0 bridgehead atoms. The number of carboxylic acid groups (broad SMARTS) is 1. The Morgan fingerprint density at radius 1 is 1.30 bits per heavy atom. The lowest BCUT2D eigenvalue weighted by atomic mass is 9.84. The molecule has 0 heterocycles. The van der Waals surface area contributed by atoms with E-state index in [1.54, 1.807) is 0 Å². The Bertz CT molecular complexity index is 322. The molecule has 2 rings (SSSR count). The zero-order chi connectivity index (χ0) is 14.7. The average molecular weight is 282 g/mol. The van der Waals surface area contributed by atoms with Crippen LogP contribution in [0.4, 0.5) is 0 Å². The van der Waals surface area contributed by atoms with Crippen molar-refractivity contribution in [3.8, 4) is 0 Å². The van der Waals surface area contributed by atoms with Gasteiger partial charge in [-0.3, -0.25) is 9.69 Å². The molecule has 0 amide bonds. The molecule has 4 heteroatoms. The third-order valence-electron chi connectivity index (χ3n) is 4.50. The second-order valence-electron chi connectivity index (χ2n) is 7.29. The molecule has 2 fully saturated rings. The van der Waals surface area contributed by atoms with E-state index in [0.29, 0.717) is 18.1 Å². The summed E-state index contributed by atoms with van der Waals surface area (Å²) in [6, 6.07) is 1.64. The monoisotopic (exact) mass is 282 g/mol. The van der Waals surface area contributed by atoms with Crippen LogP contribution in [0.3, 0.4) is 0 Å². The molecule has 2 N–H and O–H groups in total. The molecule has 0 saturated heterocycles. The molecule has 2 aliphatic rings. The molecule has 0 aromatic carbocycles. The predicted octanol–water partition coefficient (Wildman–Crippen LogP) is 2.34. The topological polar surface area (TPSA) is 52.6 Å². The largest absolute Gasteiger partial charge is 0.480 e. The lowest BCUT2D eigenvalue weighted by Crippen LogP contribution is -2.55. The van der Waals surface area contributed by atoms with E-state index in [0.717, 1.165) is 31.2 Å². The van der Waals surface area contributed by atoms with Crippen LogP contribution in [0.5, 0.6) is 0 Å². The van der Waals surface area contributed by atoms with E-state index in [-0.39, 0.29) is 6.54 Å². The second-order valence-corrected chi connectivity index (χ2v) is 7.29. The first kappa shape index (κ1) is 15.8. The molecule has 2 saturated carbocycles. The van der Waals surface area contributed by atoms with E-state index < -0.39 is 5.97 Å². The highest BCUT2D eigenvalue weighted by atomic mass is 16.4. The second kappa shape index (κ2) is 6.90. The van der Waals surface area contributed by atoms with Crippen molar-refractivity contribution in [3.63, 3.8) is 0 Å². The van der Waals surface area contributed by atoms with Crippen LogP contribution < -0.4 is 5.32 Å². The summed E-state index contributed by atoms with van der Waals surface area (Å²) in [5.74, 6) is 0.809. The quantitative estimate of drug-likeness (QED) is 0.681. The van der Waals surface area contributed by atoms with Crippen molar-refractivity contribution in [2.75, 3.05) is 13.1 Å². The molecule has 20 heavy (non-hydrogen) atoms. The number of hydrogen-bond acceptors (Lipinski definition) is 3. The van der Waals surface area contributed by atoms with Crippen molar-refractivity contribution >= 4 is 5.97 Å². The predicted molar refractivity (Wildman–Crippen MR) is 80.8 cm³/mol. The third-order valence-corrected chi connectivity index (χ3v) is 4.50. The van der Waals surface area contributed by atoms with Crippen LogP contribution in [0.2, 0.25) is 0 Å². The van der Waals surface area contributed by atoms with Gasteiger partial charge in [0.15, 0.2) is 0 Å². The van der Waals surface area contributed by atoms with E-state index in [1.165, 1.54) is 19.3 Å². The molecule has 1 unspecified atom stereocenters. The van der Waals surface area contributed by atoms with Gasteiger partial charge in [0.2, 0.25) is 0 Å². The molecule has 0 spiro atoms. The number of hydrogen-bond donors (Lipinski definition) is 2. The van der Waals surface area contributed by atoms with Crippen molar-refractivity contribution in [2.45, 2.75) is 71.0 Å². The van der Waals surface area contributed by atoms with Crippen molar-refractivity contribution < 1.29 is 9.90 Å². The van der Waals surface area contributed by atoms with Gasteiger partial charge in [-0.2, -0.15) is 0 Å². The highest BCUT2D eigenvalue weighted by molar-refractivity contribution is 5.69. The van der Waals surface area contributed by atoms with Gasteiger partial charge in [0.25, 0.3) is 0 Å². The van der Waals surface area contributed by atoms with E-state index in [1.807, 2.05) is 0 Å². The van der Waals surface area contributed by atoms with Crippen LogP contribution in [-0.4, -0.2) is 47.2 Å². The first-order valence-electron chi connectivity index (χ1n) is 8.16. The smallest absolute Gasteiger partial charge is 0.317 e. The van der Waals surface area contributed by atoms with Crippen LogP contribution in [0.25, 0.3) is 0 Å². The summed E-state index contributed by atoms with van der Waals surface area (Å²) >= 11 is 0. The third kappa shape index (κ3) is 5.06. The minimum Gasteiger partial charge on any atom is -0.480 e. The van der Waals surface area contributed by atoms with Crippen molar-refractivity contribution in [2.24, 2.45) is 11.8 Å². The SMILES string of the molecule is CC(C)CC(C)NC1CC(N(CC(=O)O)CC2CC2)C1. The molecule has 0 aromatic heterocycles. The molecular weight excluding hydrogens is 252 g/mol. The summed E-state index contributed by atoms with van der Waals surface area (Å²) in [5.41, 5.74) is 0. The maximum Gasteiger partial charge on any atom is 0.317 e. The van der Waals surface area contributed by atoms with Gasteiger partial charge in [-0.15, -0.1) is 0 Å². The summed E-state index contributed by atoms with van der Waals surface area (Å²) in [6.07, 6.45) is 6.01. The molecule has 0 aliphatic heterocycles. The fourth-order valence-corrected chi connectivity index (χ4v) is 3.35. The first-order valence-corrected chi connectivity index (χ1v) is 8.16. The van der Waals surface area contributed by atoms with Gasteiger partial charge in [0.1, 0.15) is 0 Å². The summed E-state index contributed by atoms with van der Waals surface area (Å²) in [4.78, 5) is 13.2. The number of carboxylic acids is 1. The van der Waals surface area contributed by atoms with E-state index >= 15 is 0 Å². The van der Waals surface area contributed by atoms with Gasteiger partial charge in [0.05, 0.1) is 6.54 Å². The van der Waals surface area contributed by atoms with Crippen LogP contribution in [-0.2, 0) is 4.79 Å². The Hall–Kier alpha value is -0.610. The lowest BCUT2D eigenvalue weighted by molar-refractivity contribution is -0.139. The summed E-state index contributed by atoms with van der Waals surface area (Å²) in [6.45, 7) is 7.98. The van der Waals surface area contributed by atoms with Gasteiger partial charge >= 0.3 is 5.97 Å². The van der Waals surface area contributed by atoms with E-state index in [4.69, 9.17) is 5.11 Å². The average Bonchev–Trinajstić information content (AvgIpc) is 3.04.